The molecular weight excluding hydrogens is 192 g/mol. The maximum atomic E-state index is 11.1. The summed E-state index contributed by atoms with van der Waals surface area (Å²) < 4.78 is 10.3. The van der Waals surface area contributed by atoms with E-state index < -0.39 is 0 Å². The van der Waals surface area contributed by atoms with Crippen LogP contribution in [0.1, 0.15) is 27.7 Å². The molecule has 0 aromatic carbocycles. The maximum Gasteiger partial charge on any atom is 0.333 e. The number of hydrogen-bond donors (Lipinski definition) is 0. The molecule has 3 heteroatoms. The fourth-order valence-corrected chi connectivity index (χ4v) is 0.777. The molecule has 0 bridgehead atoms. The molecular formula is C12H20O3. The van der Waals surface area contributed by atoms with Crippen molar-refractivity contribution < 1.29 is 14.3 Å². The summed E-state index contributed by atoms with van der Waals surface area (Å²) in [7, 11) is 0. The first-order valence-corrected chi connectivity index (χ1v) is 5.01. The smallest absolute Gasteiger partial charge is 0.333 e. The van der Waals surface area contributed by atoms with Crippen LogP contribution < -0.4 is 0 Å². The maximum absolute atomic E-state index is 11.1. The normalized spacial score (nSPS) is 11.7. The van der Waals surface area contributed by atoms with Crippen LogP contribution in [0.2, 0.25) is 0 Å². The number of allylic oxidation sites excluding steroid dienone is 1. The van der Waals surface area contributed by atoms with Crippen molar-refractivity contribution in [3.05, 3.63) is 23.8 Å². The minimum absolute atomic E-state index is 0.236. The molecule has 0 aliphatic heterocycles. The van der Waals surface area contributed by atoms with Crippen LogP contribution in [-0.4, -0.2) is 25.3 Å². The second-order valence-electron chi connectivity index (χ2n) is 3.82. The van der Waals surface area contributed by atoms with E-state index in [0.29, 0.717) is 18.8 Å². The molecule has 1 unspecified atom stereocenters. The molecule has 0 spiro atoms. The number of hydrogen-bond acceptors (Lipinski definition) is 3. The van der Waals surface area contributed by atoms with Crippen molar-refractivity contribution in [2.75, 3.05) is 13.2 Å². The van der Waals surface area contributed by atoms with E-state index in [2.05, 4.69) is 6.58 Å². The molecule has 0 amide bonds. The van der Waals surface area contributed by atoms with Crippen LogP contribution in [0.5, 0.6) is 0 Å². The zero-order valence-corrected chi connectivity index (χ0v) is 10.0. The number of carbonyl (C=O) groups is 1. The van der Waals surface area contributed by atoms with Crippen molar-refractivity contribution in [1.29, 1.82) is 0 Å². The van der Waals surface area contributed by atoms with E-state index in [0.717, 1.165) is 0 Å². The Kier molecular flexibility index (Phi) is 6.71. The van der Waals surface area contributed by atoms with E-state index in [-0.39, 0.29) is 12.1 Å². The fourth-order valence-electron chi connectivity index (χ4n) is 0.777. The van der Waals surface area contributed by atoms with Crippen molar-refractivity contribution in [2.45, 2.75) is 33.8 Å². The van der Waals surface area contributed by atoms with Gasteiger partial charge in [0.15, 0.2) is 0 Å². The highest BCUT2D eigenvalue weighted by atomic mass is 16.6. The van der Waals surface area contributed by atoms with Gasteiger partial charge in [0, 0.05) is 5.57 Å². The molecule has 0 aromatic rings. The van der Waals surface area contributed by atoms with Gasteiger partial charge in [-0.3, -0.25) is 0 Å². The van der Waals surface area contributed by atoms with Gasteiger partial charge in [-0.15, -0.1) is 0 Å². The van der Waals surface area contributed by atoms with Crippen molar-refractivity contribution in [2.24, 2.45) is 0 Å². The monoisotopic (exact) mass is 212 g/mol. The van der Waals surface area contributed by atoms with Gasteiger partial charge < -0.3 is 9.47 Å². The third-order valence-electron chi connectivity index (χ3n) is 1.62. The van der Waals surface area contributed by atoms with Gasteiger partial charge in [0.25, 0.3) is 0 Å². The van der Waals surface area contributed by atoms with Crippen LogP contribution >= 0.6 is 0 Å². The third kappa shape index (κ3) is 7.94. The lowest BCUT2D eigenvalue weighted by atomic mass is 10.3. The SMILES string of the molecule is C=C(C)C(=O)OC(C)COCC=C(C)C. The van der Waals surface area contributed by atoms with Gasteiger partial charge in [-0.25, -0.2) is 4.79 Å². The van der Waals surface area contributed by atoms with Gasteiger partial charge in [0.05, 0.1) is 13.2 Å². The molecule has 0 aliphatic carbocycles. The highest BCUT2D eigenvalue weighted by molar-refractivity contribution is 5.87. The summed E-state index contributed by atoms with van der Waals surface area (Å²) in [5, 5.41) is 0. The topological polar surface area (TPSA) is 35.5 Å². The minimum atomic E-state index is -0.367. The Morgan fingerprint density at radius 3 is 2.47 bits per heavy atom. The van der Waals surface area contributed by atoms with Crippen LogP contribution in [0.3, 0.4) is 0 Å². The van der Waals surface area contributed by atoms with Gasteiger partial charge in [-0.2, -0.15) is 0 Å². The van der Waals surface area contributed by atoms with E-state index in [9.17, 15) is 4.79 Å². The molecule has 0 saturated carbocycles. The predicted molar refractivity (Wildman–Crippen MR) is 60.6 cm³/mol. The largest absolute Gasteiger partial charge is 0.457 e. The Morgan fingerprint density at radius 2 is 2.00 bits per heavy atom. The predicted octanol–water partition coefficient (Wildman–Crippen LogP) is 2.48. The Morgan fingerprint density at radius 1 is 1.40 bits per heavy atom. The quantitative estimate of drug-likeness (QED) is 0.294. The summed E-state index contributed by atoms with van der Waals surface area (Å²) in [6, 6.07) is 0. The molecule has 0 rings (SSSR count). The average Bonchev–Trinajstić information content (AvgIpc) is 2.12. The number of carbonyl (C=O) groups excluding carboxylic acids is 1. The summed E-state index contributed by atoms with van der Waals surface area (Å²) in [6.07, 6.45) is 1.74. The van der Waals surface area contributed by atoms with Gasteiger partial charge in [0.2, 0.25) is 0 Å². The van der Waals surface area contributed by atoms with Gasteiger partial charge >= 0.3 is 5.97 Å². The molecule has 0 aromatic heterocycles. The Balaban J connectivity index is 3.66. The van der Waals surface area contributed by atoms with E-state index >= 15 is 0 Å². The molecule has 0 aliphatic rings. The Labute approximate surface area is 91.8 Å². The second kappa shape index (κ2) is 7.23. The fraction of sp³-hybridized carbons (Fsp3) is 0.583. The zero-order valence-electron chi connectivity index (χ0n) is 10.0. The lowest BCUT2D eigenvalue weighted by Gasteiger charge is -2.12. The molecule has 0 fully saturated rings. The highest BCUT2D eigenvalue weighted by Crippen LogP contribution is 1.99. The summed E-state index contributed by atoms with van der Waals surface area (Å²) in [4.78, 5) is 11.1. The number of ether oxygens (including phenoxy) is 2. The molecule has 86 valence electrons. The summed E-state index contributed by atoms with van der Waals surface area (Å²) >= 11 is 0. The summed E-state index contributed by atoms with van der Waals surface area (Å²) in [5.41, 5.74) is 1.62. The van der Waals surface area contributed by atoms with E-state index in [1.807, 2.05) is 19.9 Å². The molecule has 0 heterocycles. The standard InChI is InChI=1S/C12H20O3/c1-9(2)6-7-14-8-11(5)15-12(13)10(3)4/h6,11H,3,7-8H2,1-2,4-5H3. The number of rotatable bonds is 6. The van der Waals surface area contributed by atoms with E-state index in [4.69, 9.17) is 9.47 Å². The summed E-state index contributed by atoms with van der Waals surface area (Å²) in [5.74, 6) is -0.367. The van der Waals surface area contributed by atoms with E-state index in [1.54, 1.807) is 13.8 Å². The van der Waals surface area contributed by atoms with Gasteiger partial charge in [-0.05, 0) is 27.7 Å². The van der Waals surface area contributed by atoms with Gasteiger partial charge in [-0.1, -0.05) is 18.2 Å². The van der Waals surface area contributed by atoms with Crippen LogP contribution in [0.4, 0.5) is 0 Å². The molecule has 15 heavy (non-hydrogen) atoms. The van der Waals surface area contributed by atoms with Crippen molar-refractivity contribution in [3.8, 4) is 0 Å². The second-order valence-corrected chi connectivity index (χ2v) is 3.82. The highest BCUT2D eigenvalue weighted by Gasteiger charge is 2.09. The molecule has 1 atom stereocenters. The van der Waals surface area contributed by atoms with Crippen LogP contribution in [0, 0.1) is 0 Å². The third-order valence-corrected chi connectivity index (χ3v) is 1.62. The van der Waals surface area contributed by atoms with Crippen LogP contribution in [0.25, 0.3) is 0 Å². The first-order valence-electron chi connectivity index (χ1n) is 5.01. The molecule has 0 saturated heterocycles. The van der Waals surface area contributed by atoms with Crippen molar-refractivity contribution in [3.63, 3.8) is 0 Å². The first-order chi connectivity index (χ1) is 6.93. The molecule has 0 N–H and O–H groups in total. The van der Waals surface area contributed by atoms with E-state index in [1.165, 1.54) is 5.57 Å². The Hall–Kier alpha value is -1.09. The average molecular weight is 212 g/mol. The molecule has 0 radical (unpaired) electrons. The lowest BCUT2D eigenvalue weighted by Crippen LogP contribution is -2.20. The van der Waals surface area contributed by atoms with Crippen molar-refractivity contribution in [1.82, 2.24) is 0 Å². The van der Waals surface area contributed by atoms with Crippen LogP contribution in [-0.2, 0) is 14.3 Å². The first kappa shape index (κ1) is 13.9. The van der Waals surface area contributed by atoms with Gasteiger partial charge in [0.1, 0.15) is 6.10 Å². The number of esters is 1. The Bertz CT molecular complexity index is 250. The molecule has 3 nitrogen and oxygen atoms in total. The summed E-state index contributed by atoms with van der Waals surface area (Å²) in [6.45, 7) is 11.9. The van der Waals surface area contributed by atoms with Crippen molar-refractivity contribution >= 4 is 5.97 Å². The lowest BCUT2D eigenvalue weighted by molar-refractivity contribution is -0.145. The zero-order chi connectivity index (χ0) is 11.8. The van der Waals surface area contributed by atoms with Crippen LogP contribution in [0.15, 0.2) is 23.8 Å². The minimum Gasteiger partial charge on any atom is -0.457 e.